The molecule has 0 spiro atoms. The molecule has 29 heavy (non-hydrogen) atoms. The van der Waals surface area contributed by atoms with Gasteiger partial charge in [-0.05, 0) is 30.7 Å². The van der Waals surface area contributed by atoms with Crippen molar-refractivity contribution in [2.45, 2.75) is 31.4 Å². The largest absolute Gasteiger partial charge is 0.416 e. The third kappa shape index (κ3) is 5.80. The molecule has 158 valence electrons. The lowest BCUT2D eigenvalue weighted by molar-refractivity contribution is -0.143. The van der Waals surface area contributed by atoms with Crippen LogP contribution < -0.4 is 9.62 Å². The number of aliphatic hydroxyl groups excluding tert-OH is 1. The zero-order valence-electron chi connectivity index (χ0n) is 14.8. The van der Waals surface area contributed by atoms with Crippen molar-refractivity contribution in [3.8, 4) is 0 Å². The molecule has 0 radical (unpaired) electrons. The number of hydrogen-bond donors (Lipinski definition) is 3. The van der Waals surface area contributed by atoms with E-state index in [0.717, 1.165) is 0 Å². The molecule has 11 heteroatoms. The van der Waals surface area contributed by atoms with Gasteiger partial charge in [0.2, 0.25) is 0 Å². The van der Waals surface area contributed by atoms with Gasteiger partial charge in [-0.3, -0.25) is 0 Å². The minimum atomic E-state index is -5.06. The number of anilines is 1. The summed E-state index contributed by atoms with van der Waals surface area (Å²) in [6.45, 7) is 1.42. The van der Waals surface area contributed by atoms with Crippen LogP contribution in [0.4, 0.5) is 36.8 Å². The average Bonchev–Trinajstić information content (AvgIpc) is 2.65. The summed E-state index contributed by atoms with van der Waals surface area (Å²) in [6, 6.07) is 6.88. The van der Waals surface area contributed by atoms with Crippen molar-refractivity contribution in [2.75, 3.05) is 4.31 Å². The van der Waals surface area contributed by atoms with Gasteiger partial charge in [-0.2, -0.15) is 26.3 Å². The molecule has 0 heterocycles. The number of nitrogens with zero attached hydrogens (tertiary/aromatic N) is 1. The zero-order valence-corrected chi connectivity index (χ0v) is 15.7. The molecule has 0 aliphatic carbocycles. The number of benzene rings is 2. The number of aliphatic hydroxyl groups is 1. The lowest BCUT2D eigenvalue weighted by atomic mass is 10.0. The molecule has 0 bridgehead atoms. The molecule has 2 N–H and O–H groups in total. The summed E-state index contributed by atoms with van der Waals surface area (Å²) in [5.41, 5.74) is -3.42. The van der Waals surface area contributed by atoms with E-state index in [4.69, 9.17) is 0 Å². The van der Waals surface area contributed by atoms with Gasteiger partial charge in [0.05, 0.1) is 29.0 Å². The van der Waals surface area contributed by atoms with E-state index in [0.29, 0.717) is 22.0 Å². The highest BCUT2D eigenvalue weighted by Crippen LogP contribution is 2.38. The fourth-order valence-corrected chi connectivity index (χ4v) is 2.62. The van der Waals surface area contributed by atoms with Gasteiger partial charge in [0.1, 0.15) is 0 Å². The zero-order chi connectivity index (χ0) is 22.0. The summed E-state index contributed by atoms with van der Waals surface area (Å²) in [5.74, 6) is 0. The molecule has 4 nitrogen and oxygen atoms in total. The van der Waals surface area contributed by atoms with Gasteiger partial charge in [-0.1, -0.05) is 43.1 Å². The van der Waals surface area contributed by atoms with Crippen LogP contribution in [0.15, 0.2) is 48.5 Å². The lowest BCUT2D eigenvalue weighted by Gasteiger charge is -2.25. The molecular weight excluding hydrogens is 422 g/mol. The Morgan fingerprint density at radius 2 is 1.48 bits per heavy atom. The van der Waals surface area contributed by atoms with Gasteiger partial charge >= 0.3 is 18.4 Å². The molecule has 0 fully saturated rings. The summed E-state index contributed by atoms with van der Waals surface area (Å²) in [4.78, 5) is 12.3. The predicted molar refractivity (Wildman–Crippen MR) is 97.3 cm³/mol. The van der Waals surface area contributed by atoms with E-state index in [9.17, 15) is 36.2 Å². The number of alkyl halides is 6. The quantitative estimate of drug-likeness (QED) is 0.454. The fourth-order valence-electron chi connectivity index (χ4n) is 2.45. The molecule has 2 amide bonds. The van der Waals surface area contributed by atoms with Crippen LogP contribution in [0.1, 0.15) is 29.7 Å². The number of amides is 2. The summed E-state index contributed by atoms with van der Waals surface area (Å²) in [6.07, 6.45) is -11.3. The van der Waals surface area contributed by atoms with E-state index >= 15 is 0 Å². The summed E-state index contributed by atoms with van der Waals surface area (Å²) >= 11 is 3.74. The molecular formula is C18H16F6N2O2S. The Kier molecular flexibility index (Phi) is 6.74. The van der Waals surface area contributed by atoms with Gasteiger partial charge < -0.3 is 10.4 Å². The lowest BCUT2D eigenvalue weighted by Crippen LogP contribution is -2.42. The Balaban J connectivity index is 2.26. The van der Waals surface area contributed by atoms with Crippen LogP contribution in [-0.2, 0) is 12.4 Å². The van der Waals surface area contributed by atoms with E-state index in [1.54, 1.807) is 30.3 Å². The van der Waals surface area contributed by atoms with Gasteiger partial charge in [0.25, 0.3) is 0 Å². The van der Waals surface area contributed by atoms with Crippen molar-refractivity contribution in [2.24, 2.45) is 0 Å². The van der Waals surface area contributed by atoms with Crippen LogP contribution in [0, 0.1) is 0 Å². The van der Waals surface area contributed by atoms with E-state index < -0.39 is 47.3 Å². The first kappa shape index (κ1) is 22.9. The van der Waals surface area contributed by atoms with Gasteiger partial charge in [0.15, 0.2) is 0 Å². The van der Waals surface area contributed by atoms with Gasteiger partial charge in [-0.15, -0.1) is 0 Å². The van der Waals surface area contributed by atoms with E-state index in [1.165, 1.54) is 6.92 Å². The molecule has 2 aromatic carbocycles. The third-order valence-corrected chi connectivity index (χ3v) is 4.39. The summed E-state index contributed by atoms with van der Waals surface area (Å²) in [5, 5.41) is 12.5. The van der Waals surface area contributed by atoms with Crippen molar-refractivity contribution in [3.05, 3.63) is 65.2 Å². The molecule has 0 aromatic heterocycles. The monoisotopic (exact) mass is 438 g/mol. The van der Waals surface area contributed by atoms with Crippen LogP contribution in [-0.4, -0.2) is 17.2 Å². The minimum absolute atomic E-state index is 0.0508. The summed E-state index contributed by atoms with van der Waals surface area (Å²) < 4.78 is 78.1. The summed E-state index contributed by atoms with van der Waals surface area (Å²) in [7, 11) is 0. The number of rotatable bonds is 4. The highest BCUT2D eigenvalue weighted by Gasteiger charge is 2.37. The molecule has 2 aromatic rings. The maximum atomic E-state index is 13.0. The number of carbonyl (C=O) groups excluding carboxylic acids is 1. The predicted octanol–water partition coefficient (Wildman–Crippen LogP) is 5.21. The van der Waals surface area contributed by atoms with Crippen LogP contribution in [0.5, 0.6) is 0 Å². The second kappa shape index (κ2) is 8.54. The van der Waals surface area contributed by atoms with E-state index in [1.807, 2.05) is 0 Å². The molecule has 0 aliphatic heterocycles. The Bertz CT molecular complexity index is 825. The maximum Gasteiger partial charge on any atom is 0.416 e. The Morgan fingerprint density at radius 3 is 1.93 bits per heavy atom. The van der Waals surface area contributed by atoms with E-state index in [-0.39, 0.29) is 6.07 Å². The van der Waals surface area contributed by atoms with Gasteiger partial charge in [-0.25, -0.2) is 9.10 Å². The van der Waals surface area contributed by atoms with Crippen LogP contribution in [0.3, 0.4) is 0 Å². The Hall–Kier alpha value is -2.40. The average molecular weight is 438 g/mol. The molecule has 2 atom stereocenters. The van der Waals surface area contributed by atoms with Gasteiger partial charge in [0, 0.05) is 0 Å². The second-order valence-corrected chi connectivity index (χ2v) is 6.57. The number of thiol groups is 1. The van der Waals surface area contributed by atoms with Crippen molar-refractivity contribution in [3.63, 3.8) is 0 Å². The number of halogens is 6. The first-order chi connectivity index (χ1) is 13.3. The van der Waals surface area contributed by atoms with Crippen molar-refractivity contribution >= 4 is 24.5 Å². The van der Waals surface area contributed by atoms with Crippen LogP contribution >= 0.6 is 12.8 Å². The van der Waals surface area contributed by atoms with Crippen molar-refractivity contribution in [1.29, 1.82) is 0 Å². The highest BCUT2D eigenvalue weighted by molar-refractivity contribution is 7.82. The second-order valence-electron chi connectivity index (χ2n) is 6.17. The molecule has 0 saturated carbocycles. The number of carbonyl (C=O) groups is 1. The van der Waals surface area contributed by atoms with E-state index in [2.05, 4.69) is 18.1 Å². The molecule has 0 saturated heterocycles. The highest BCUT2D eigenvalue weighted by atomic mass is 32.1. The first-order valence-corrected chi connectivity index (χ1v) is 8.52. The molecule has 0 aliphatic rings. The Labute approximate surface area is 167 Å². The van der Waals surface area contributed by atoms with Crippen molar-refractivity contribution < 1.29 is 36.2 Å². The molecule has 2 rings (SSSR count). The molecule has 2 unspecified atom stereocenters. The smallest absolute Gasteiger partial charge is 0.386 e. The SMILES string of the molecule is CC(NC(=O)N(S)c1cc(C(F)(F)F)cc(C(F)(F)F)c1)C(O)c1ccccc1. The minimum Gasteiger partial charge on any atom is -0.386 e. The first-order valence-electron chi connectivity index (χ1n) is 8.12. The maximum absolute atomic E-state index is 13.0. The van der Waals surface area contributed by atoms with Crippen molar-refractivity contribution in [1.82, 2.24) is 5.32 Å². The number of urea groups is 1. The fraction of sp³-hybridized carbons (Fsp3) is 0.278. The van der Waals surface area contributed by atoms with Crippen LogP contribution in [0.25, 0.3) is 0 Å². The number of nitrogens with one attached hydrogen (secondary N) is 1. The number of hydrogen-bond acceptors (Lipinski definition) is 3. The van der Waals surface area contributed by atoms with Crippen LogP contribution in [0.2, 0.25) is 0 Å². The normalized spacial score (nSPS) is 14.2. The third-order valence-electron chi connectivity index (χ3n) is 3.98. The Morgan fingerprint density at radius 1 is 1.00 bits per heavy atom. The standard InChI is InChI=1S/C18H16F6N2O2S/c1-10(15(27)11-5-3-2-4-6-11)25-16(28)26(29)14-8-12(17(19,20)21)7-13(9-14)18(22,23)24/h2-10,15,27,29H,1H3,(H,25,28). The topological polar surface area (TPSA) is 52.6 Å².